The molecule has 0 aliphatic carbocycles. The first kappa shape index (κ1) is 35.1. The highest BCUT2D eigenvalue weighted by Crippen LogP contribution is 2.56. The number of hydrogen-bond donors (Lipinski definition) is 0. The first-order valence-electron chi connectivity index (χ1n) is 20.3. The van der Waals surface area contributed by atoms with Crippen molar-refractivity contribution in [2.24, 2.45) is 0 Å². The van der Waals surface area contributed by atoms with Gasteiger partial charge in [0, 0.05) is 33.8 Å². The summed E-state index contributed by atoms with van der Waals surface area (Å²) in [5.41, 5.74) is 14.4. The van der Waals surface area contributed by atoms with Crippen molar-refractivity contribution in [3.8, 4) is 50.6 Å². The molecule has 0 saturated heterocycles. The summed E-state index contributed by atoms with van der Waals surface area (Å²) in [5, 5.41) is 1.07. The van der Waals surface area contributed by atoms with E-state index in [1.165, 1.54) is 22.3 Å². The number of benzene rings is 9. The fourth-order valence-corrected chi connectivity index (χ4v) is 8.48. The number of para-hydroxylation sites is 3. The Bertz CT molecular complexity index is 2990. The van der Waals surface area contributed by atoms with Crippen molar-refractivity contribution in [2.45, 2.75) is 0 Å². The van der Waals surface area contributed by atoms with Crippen molar-refractivity contribution in [1.29, 1.82) is 0 Å². The first-order valence-corrected chi connectivity index (χ1v) is 20.3. The van der Waals surface area contributed by atoms with Crippen LogP contribution in [0.15, 0.2) is 237 Å². The average molecular weight is 770 g/mol. The van der Waals surface area contributed by atoms with Crippen molar-refractivity contribution in [3.63, 3.8) is 0 Å². The number of hydrogen-bond acceptors (Lipinski definition) is 3. The van der Waals surface area contributed by atoms with E-state index < -0.39 is 0 Å². The van der Waals surface area contributed by atoms with E-state index in [0.717, 1.165) is 73.5 Å². The smallest absolute Gasteiger partial charge is 0.178 e. The van der Waals surface area contributed by atoms with Crippen LogP contribution in [-0.2, 0) is 0 Å². The molecule has 60 heavy (non-hydrogen) atoms. The maximum atomic E-state index is 6.89. The molecular weight excluding hydrogens is 731 g/mol. The van der Waals surface area contributed by atoms with Gasteiger partial charge in [0.2, 0.25) is 0 Å². The Hall–Kier alpha value is -8.08. The van der Waals surface area contributed by atoms with Gasteiger partial charge < -0.3 is 9.64 Å². The standard InChI is InChI=1S/C56H39N3O/c1-5-15-40(16-6-1)42-25-32-48(33-26-42)57(49-34-27-43(28-35-49)41-17-7-2-8-18-41)50-36-29-44(30-37-50)45-31-38-54-53(39-45)59(47-21-11-4-12-22-47)56-55(60-54)51-23-13-14-24-52(51)58(56)46-19-9-3-10-20-46/h1-39H. The SMILES string of the molecule is c1ccc(-c2ccc(N(c3ccc(-c4ccccc4)cc3)c3ccc(-c4ccc5c(c4)N(c4ccccc4)c4c(c6ccccc6n4-c4ccccc4)O5)cc3)cc2)cc1. The van der Waals surface area contributed by atoms with E-state index in [1.54, 1.807) is 0 Å². The minimum absolute atomic E-state index is 0.812. The lowest BCUT2D eigenvalue weighted by atomic mass is 10.0. The zero-order valence-electron chi connectivity index (χ0n) is 32.8. The monoisotopic (exact) mass is 769 g/mol. The number of anilines is 6. The number of ether oxygens (including phenoxy) is 1. The summed E-state index contributed by atoms with van der Waals surface area (Å²) in [5.74, 6) is 2.63. The molecule has 0 N–H and O–H groups in total. The molecule has 1 aliphatic rings. The molecule has 4 heteroatoms. The van der Waals surface area contributed by atoms with E-state index in [4.69, 9.17) is 4.74 Å². The van der Waals surface area contributed by atoms with Gasteiger partial charge in [-0.2, -0.15) is 0 Å². The Labute approximate surface area is 350 Å². The normalized spacial score (nSPS) is 11.8. The highest BCUT2D eigenvalue weighted by atomic mass is 16.5. The summed E-state index contributed by atoms with van der Waals surface area (Å²) in [6.07, 6.45) is 0. The van der Waals surface area contributed by atoms with Crippen LogP contribution in [0.1, 0.15) is 0 Å². The Morgan fingerprint density at radius 1 is 0.350 bits per heavy atom. The molecule has 0 atom stereocenters. The first-order chi connectivity index (χ1) is 29.8. The maximum Gasteiger partial charge on any atom is 0.178 e. The van der Waals surface area contributed by atoms with E-state index in [2.05, 4.69) is 251 Å². The van der Waals surface area contributed by atoms with E-state index in [9.17, 15) is 0 Å². The molecule has 4 nitrogen and oxygen atoms in total. The quantitative estimate of drug-likeness (QED) is 0.154. The third-order valence-corrected chi connectivity index (χ3v) is 11.4. The highest BCUT2D eigenvalue weighted by Gasteiger charge is 2.33. The summed E-state index contributed by atoms with van der Waals surface area (Å²) >= 11 is 0. The Balaban J connectivity index is 0.995. The van der Waals surface area contributed by atoms with Gasteiger partial charge in [0.1, 0.15) is 0 Å². The molecule has 0 unspecified atom stereocenters. The van der Waals surface area contributed by atoms with Crippen LogP contribution in [0.2, 0.25) is 0 Å². The van der Waals surface area contributed by atoms with Gasteiger partial charge in [-0.15, -0.1) is 0 Å². The molecule has 9 aromatic carbocycles. The largest absolute Gasteiger partial charge is 0.451 e. The second-order valence-electron chi connectivity index (χ2n) is 15.0. The number of fused-ring (bicyclic) bond motifs is 4. The zero-order chi connectivity index (χ0) is 39.8. The predicted molar refractivity (Wildman–Crippen MR) is 249 cm³/mol. The summed E-state index contributed by atoms with van der Waals surface area (Å²) in [4.78, 5) is 4.67. The fourth-order valence-electron chi connectivity index (χ4n) is 8.48. The van der Waals surface area contributed by atoms with Crippen molar-refractivity contribution < 1.29 is 4.74 Å². The third kappa shape index (κ3) is 6.28. The van der Waals surface area contributed by atoms with E-state index in [-0.39, 0.29) is 0 Å². The Kier molecular flexibility index (Phi) is 8.79. The Morgan fingerprint density at radius 2 is 0.767 bits per heavy atom. The van der Waals surface area contributed by atoms with Crippen molar-refractivity contribution >= 4 is 45.2 Å². The number of rotatable bonds is 8. The molecule has 2 heterocycles. The third-order valence-electron chi connectivity index (χ3n) is 11.4. The van der Waals surface area contributed by atoms with Crippen LogP contribution in [0, 0.1) is 0 Å². The molecule has 1 aliphatic heterocycles. The van der Waals surface area contributed by atoms with Crippen LogP contribution >= 0.6 is 0 Å². The van der Waals surface area contributed by atoms with Gasteiger partial charge in [-0.05, 0) is 118 Å². The van der Waals surface area contributed by atoms with Crippen LogP contribution in [0.25, 0.3) is 50.0 Å². The number of aromatic nitrogens is 1. The van der Waals surface area contributed by atoms with Gasteiger partial charge >= 0.3 is 0 Å². The number of nitrogens with zero attached hydrogens (tertiary/aromatic N) is 3. The van der Waals surface area contributed by atoms with Gasteiger partial charge in [0.15, 0.2) is 17.3 Å². The molecule has 10 aromatic rings. The Morgan fingerprint density at radius 3 is 1.30 bits per heavy atom. The van der Waals surface area contributed by atoms with Gasteiger partial charge in [-0.25, -0.2) is 0 Å². The molecule has 0 bridgehead atoms. The topological polar surface area (TPSA) is 20.6 Å². The molecule has 0 radical (unpaired) electrons. The fraction of sp³-hybridized carbons (Fsp3) is 0. The van der Waals surface area contributed by atoms with Crippen LogP contribution in [0.4, 0.5) is 34.3 Å². The van der Waals surface area contributed by atoms with Crippen molar-refractivity contribution in [2.75, 3.05) is 9.80 Å². The lowest BCUT2D eigenvalue weighted by Crippen LogP contribution is -2.18. The average Bonchev–Trinajstić information content (AvgIpc) is 3.66. The van der Waals surface area contributed by atoms with Gasteiger partial charge in [-0.3, -0.25) is 9.47 Å². The van der Waals surface area contributed by atoms with E-state index in [0.29, 0.717) is 0 Å². The van der Waals surface area contributed by atoms with Crippen molar-refractivity contribution in [1.82, 2.24) is 4.57 Å². The molecular formula is C56H39N3O. The van der Waals surface area contributed by atoms with Gasteiger partial charge in [0.05, 0.1) is 11.2 Å². The highest BCUT2D eigenvalue weighted by molar-refractivity contribution is 6.01. The maximum absolute atomic E-state index is 6.89. The summed E-state index contributed by atoms with van der Waals surface area (Å²) in [7, 11) is 0. The second-order valence-corrected chi connectivity index (χ2v) is 15.0. The van der Waals surface area contributed by atoms with E-state index in [1.807, 2.05) is 0 Å². The van der Waals surface area contributed by atoms with E-state index >= 15 is 0 Å². The molecule has 0 spiro atoms. The molecule has 11 rings (SSSR count). The molecule has 0 amide bonds. The molecule has 0 fully saturated rings. The molecule has 284 valence electrons. The van der Waals surface area contributed by atoms with Crippen LogP contribution in [-0.4, -0.2) is 4.57 Å². The summed E-state index contributed by atoms with van der Waals surface area (Å²) < 4.78 is 9.20. The predicted octanol–water partition coefficient (Wildman–Crippen LogP) is 15.7. The van der Waals surface area contributed by atoms with Gasteiger partial charge in [0.25, 0.3) is 0 Å². The van der Waals surface area contributed by atoms with Gasteiger partial charge in [-0.1, -0.05) is 152 Å². The molecule has 0 saturated carbocycles. The van der Waals surface area contributed by atoms with Crippen LogP contribution in [0.5, 0.6) is 11.5 Å². The minimum atomic E-state index is 0.812. The summed E-state index contributed by atoms with van der Waals surface area (Å²) in [6.45, 7) is 0. The van der Waals surface area contributed by atoms with Crippen LogP contribution in [0.3, 0.4) is 0 Å². The molecule has 1 aromatic heterocycles. The minimum Gasteiger partial charge on any atom is -0.451 e. The van der Waals surface area contributed by atoms with Crippen molar-refractivity contribution in [3.05, 3.63) is 237 Å². The zero-order valence-corrected chi connectivity index (χ0v) is 32.8. The lowest BCUT2D eigenvalue weighted by molar-refractivity contribution is 0.481. The summed E-state index contributed by atoms with van der Waals surface area (Å²) in [6, 6.07) is 83.8. The second kappa shape index (κ2) is 15.0. The van der Waals surface area contributed by atoms with Crippen LogP contribution < -0.4 is 14.5 Å². The lowest BCUT2D eigenvalue weighted by Gasteiger charge is -2.33.